The molecule has 4 heteroatoms. The highest BCUT2D eigenvalue weighted by Gasteiger charge is 2.56. The van der Waals surface area contributed by atoms with Crippen LogP contribution in [0, 0.1) is 30.1 Å². The Bertz CT molecular complexity index is 867. The Morgan fingerprint density at radius 3 is 2.97 bits per heavy atom. The Morgan fingerprint density at radius 1 is 1.35 bits per heavy atom. The van der Waals surface area contributed by atoms with Gasteiger partial charge in [0.05, 0.1) is 32.2 Å². The highest BCUT2D eigenvalue weighted by atomic mass is 16.6. The minimum Gasteiger partial charge on any atom is -0.462 e. The molecule has 2 heterocycles. The molecule has 168 valence electrons. The van der Waals surface area contributed by atoms with E-state index in [1.54, 1.807) is 4.90 Å². The molecule has 31 heavy (non-hydrogen) atoms. The third kappa shape index (κ3) is 3.82. The number of ether oxygens (including phenoxy) is 1. The molecule has 4 fully saturated rings. The number of carbonyl (C=O) groups is 1. The number of hydrogen-bond acceptors (Lipinski definition) is 3. The zero-order valence-electron chi connectivity index (χ0n) is 19.5. The molecule has 2 saturated carbocycles. The minimum atomic E-state index is 0.0667. The first-order valence-corrected chi connectivity index (χ1v) is 12.4. The van der Waals surface area contributed by atoms with Gasteiger partial charge in [0.1, 0.15) is 12.0 Å². The van der Waals surface area contributed by atoms with Crippen LogP contribution < -0.4 is 9.80 Å². The van der Waals surface area contributed by atoms with Gasteiger partial charge in [0, 0.05) is 11.6 Å². The lowest BCUT2D eigenvalue weighted by atomic mass is 9.55. The molecule has 1 N–H and O–H groups in total. The number of piperazine rings is 1. The van der Waals surface area contributed by atoms with Crippen LogP contribution in [-0.2, 0) is 9.53 Å². The van der Waals surface area contributed by atoms with Crippen molar-refractivity contribution in [3.63, 3.8) is 0 Å². The summed E-state index contributed by atoms with van der Waals surface area (Å²) in [4.78, 5) is 17.0. The summed E-state index contributed by atoms with van der Waals surface area (Å²) in [5, 5.41) is 0. The number of esters is 1. The van der Waals surface area contributed by atoms with Gasteiger partial charge in [-0.05, 0) is 75.0 Å². The van der Waals surface area contributed by atoms with Crippen LogP contribution in [-0.4, -0.2) is 44.3 Å². The first-order valence-electron chi connectivity index (χ1n) is 12.4. The number of aryl methyl sites for hydroxylation is 1. The molecular weight excluding hydrogens is 384 g/mol. The fraction of sp³-hybridized carbons (Fsp3) is 0.667. The first kappa shape index (κ1) is 21.1. The zero-order chi connectivity index (χ0) is 21.8. The van der Waals surface area contributed by atoms with E-state index in [1.165, 1.54) is 36.1 Å². The molecule has 4 aliphatic rings. The maximum absolute atomic E-state index is 12.9. The van der Waals surface area contributed by atoms with Gasteiger partial charge in [-0.25, -0.2) is 0 Å². The molecule has 0 radical (unpaired) electrons. The molecule has 1 unspecified atom stereocenters. The monoisotopic (exact) mass is 423 g/mol. The molecule has 7 atom stereocenters. The number of benzene rings is 1. The number of nitrogens with zero attached hydrogens (tertiary/aromatic N) is 1. The van der Waals surface area contributed by atoms with Gasteiger partial charge in [-0.15, -0.1) is 0 Å². The maximum atomic E-state index is 12.9. The van der Waals surface area contributed by atoms with Gasteiger partial charge < -0.3 is 14.5 Å². The van der Waals surface area contributed by atoms with Crippen molar-refractivity contribution in [3.05, 3.63) is 42.0 Å². The number of quaternary nitrogens is 1. The van der Waals surface area contributed by atoms with Crippen LogP contribution in [0.5, 0.6) is 0 Å². The quantitative estimate of drug-likeness (QED) is 0.598. The van der Waals surface area contributed by atoms with E-state index >= 15 is 0 Å². The number of allylic oxidation sites excluding steroid dienone is 1. The summed E-state index contributed by atoms with van der Waals surface area (Å²) in [5.74, 6) is 1.10. The highest BCUT2D eigenvalue weighted by molar-refractivity contribution is 5.75. The third-order valence-electron chi connectivity index (χ3n) is 8.98. The van der Waals surface area contributed by atoms with Crippen molar-refractivity contribution in [1.82, 2.24) is 0 Å². The van der Waals surface area contributed by atoms with E-state index in [1.807, 2.05) is 0 Å². The molecule has 5 rings (SSSR count). The lowest BCUT2D eigenvalue weighted by Gasteiger charge is -2.50. The molecule has 0 amide bonds. The van der Waals surface area contributed by atoms with Crippen LogP contribution in [0.15, 0.2) is 36.4 Å². The van der Waals surface area contributed by atoms with Crippen LogP contribution in [0.2, 0.25) is 0 Å². The Kier molecular flexibility index (Phi) is 5.40. The fourth-order valence-corrected chi connectivity index (χ4v) is 7.31. The SMILES string of the molecule is C=C1CCC[C@@]2(C)C[C@@H]3OC(=O)[C@@H](C[NH+]4CCN(c5cccc(C)c5)[C@@H](C)C4)[C@H]3C[C@H]12. The van der Waals surface area contributed by atoms with Crippen molar-refractivity contribution >= 4 is 11.7 Å². The second-order valence-corrected chi connectivity index (χ2v) is 11.2. The van der Waals surface area contributed by atoms with E-state index in [0.717, 1.165) is 39.0 Å². The third-order valence-corrected chi connectivity index (χ3v) is 8.98. The lowest BCUT2D eigenvalue weighted by Crippen LogP contribution is -3.16. The summed E-state index contributed by atoms with van der Waals surface area (Å²) in [6, 6.07) is 9.31. The van der Waals surface area contributed by atoms with Crippen LogP contribution in [0.25, 0.3) is 0 Å². The highest BCUT2D eigenvalue weighted by Crippen LogP contribution is 2.56. The number of nitrogens with one attached hydrogen (secondary N) is 1. The first-order chi connectivity index (χ1) is 14.8. The Labute approximate surface area is 187 Å². The van der Waals surface area contributed by atoms with Crippen molar-refractivity contribution in [2.75, 3.05) is 31.1 Å². The van der Waals surface area contributed by atoms with Gasteiger partial charge in [0.15, 0.2) is 0 Å². The van der Waals surface area contributed by atoms with Gasteiger partial charge in [-0.3, -0.25) is 4.79 Å². The largest absolute Gasteiger partial charge is 0.462 e. The molecule has 2 saturated heterocycles. The smallest absolute Gasteiger partial charge is 0.315 e. The normalized spacial score (nSPS) is 40.3. The van der Waals surface area contributed by atoms with Crippen molar-refractivity contribution in [2.45, 2.75) is 65.0 Å². The van der Waals surface area contributed by atoms with E-state index in [-0.39, 0.29) is 23.4 Å². The van der Waals surface area contributed by atoms with E-state index < -0.39 is 0 Å². The van der Waals surface area contributed by atoms with E-state index in [0.29, 0.717) is 17.9 Å². The van der Waals surface area contributed by atoms with E-state index in [2.05, 4.69) is 56.5 Å². The maximum Gasteiger partial charge on any atom is 0.315 e. The van der Waals surface area contributed by atoms with Gasteiger partial charge in [-0.2, -0.15) is 0 Å². The van der Waals surface area contributed by atoms with Crippen LogP contribution in [0.4, 0.5) is 5.69 Å². The topological polar surface area (TPSA) is 34.0 Å². The second kappa shape index (κ2) is 7.95. The fourth-order valence-electron chi connectivity index (χ4n) is 7.31. The second-order valence-electron chi connectivity index (χ2n) is 11.2. The molecule has 1 aromatic carbocycles. The molecule has 0 aromatic heterocycles. The Hall–Kier alpha value is -1.81. The molecule has 2 aliphatic carbocycles. The van der Waals surface area contributed by atoms with Gasteiger partial charge in [-0.1, -0.05) is 31.2 Å². The van der Waals surface area contributed by atoms with E-state index in [9.17, 15) is 4.79 Å². The summed E-state index contributed by atoms with van der Waals surface area (Å²) < 4.78 is 6.01. The molecule has 0 bridgehead atoms. The standard InChI is InChI=1S/C27H38N2O2/c1-18-7-5-9-21(13-18)29-12-11-28(16-20(29)3)17-23-22-14-24-19(2)8-6-10-27(24,4)15-25(22)31-26(23)30/h5,7,9,13,20,22-25H,2,6,8,10-12,14-17H2,1,3-4H3/p+1/t20-,22+,23-,24+,25-,27-/m0/s1. The van der Waals surface area contributed by atoms with Crippen molar-refractivity contribution < 1.29 is 14.4 Å². The van der Waals surface area contributed by atoms with Crippen LogP contribution >= 0.6 is 0 Å². The predicted octanol–water partition coefficient (Wildman–Crippen LogP) is 3.40. The van der Waals surface area contributed by atoms with Gasteiger partial charge >= 0.3 is 5.97 Å². The number of anilines is 1. The predicted molar refractivity (Wildman–Crippen MR) is 124 cm³/mol. The Balaban J connectivity index is 1.25. The van der Waals surface area contributed by atoms with Crippen molar-refractivity contribution in [3.8, 4) is 0 Å². The number of hydrogen-bond donors (Lipinski definition) is 1. The summed E-state index contributed by atoms with van der Waals surface area (Å²) in [6.45, 7) is 15.5. The van der Waals surface area contributed by atoms with Crippen LogP contribution in [0.3, 0.4) is 0 Å². The van der Waals surface area contributed by atoms with Gasteiger partial charge in [0.2, 0.25) is 0 Å². The molecule has 2 aliphatic heterocycles. The molecule has 1 aromatic rings. The number of carbonyl (C=O) groups excluding carboxylic acids is 1. The molecule has 0 spiro atoms. The molecular formula is C27H39N2O2+. The van der Waals surface area contributed by atoms with E-state index in [4.69, 9.17) is 4.74 Å². The summed E-state index contributed by atoms with van der Waals surface area (Å²) in [6.07, 6.45) is 5.95. The zero-order valence-corrected chi connectivity index (χ0v) is 19.5. The average molecular weight is 424 g/mol. The Morgan fingerprint density at radius 2 is 2.19 bits per heavy atom. The summed E-state index contributed by atoms with van der Waals surface area (Å²) in [5.41, 5.74) is 4.35. The lowest BCUT2D eigenvalue weighted by molar-refractivity contribution is -0.905. The number of rotatable bonds is 3. The summed E-state index contributed by atoms with van der Waals surface area (Å²) >= 11 is 0. The van der Waals surface area contributed by atoms with Crippen molar-refractivity contribution in [1.29, 1.82) is 0 Å². The summed E-state index contributed by atoms with van der Waals surface area (Å²) in [7, 11) is 0. The van der Waals surface area contributed by atoms with Crippen LogP contribution in [0.1, 0.15) is 51.5 Å². The molecule has 4 nitrogen and oxygen atoms in total. The van der Waals surface area contributed by atoms with Crippen molar-refractivity contribution in [2.24, 2.45) is 23.2 Å². The van der Waals surface area contributed by atoms with Gasteiger partial charge in [0.25, 0.3) is 0 Å². The average Bonchev–Trinajstić information content (AvgIpc) is 3.00. The minimum absolute atomic E-state index is 0.0667. The number of fused-ring (bicyclic) bond motifs is 2.